The number of hydrogen-bond donors (Lipinski definition) is 0. The first kappa shape index (κ1) is 10.0. The highest BCUT2D eigenvalue weighted by molar-refractivity contribution is 7.27. The molecule has 1 aromatic rings. The normalized spacial score (nSPS) is 9.46. The highest BCUT2D eigenvalue weighted by atomic mass is 31.0. The van der Waals surface area contributed by atoms with Gasteiger partial charge in [0.25, 0.3) is 0 Å². The molecule has 1 aromatic carbocycles. The minimum Gasteiger partial charge on any atom is -0.496 e. The lowest BCUT2D eigenvalue weighted by Gasteiger charge is -2.09. The fraction of sp³-hybridized carbons (Fsp3) is 0.222. The molecule has 0 aliphatic heterocycles. The van der Waals surface area contributed by atoms with Crippen LogP contribution in [0.2, 0.25) is 0 Å². The summed E-state index contributed by atoms with van der Waals surface area (Å²) in [4.78, 5) is 10.7. The molecule has 13 heavy (non-hydrogen) atoms. The van der Waals surface area contributed by atoms with E-state index in [4.69, 9.17) is 9.47 Å². The van der Waals surface area contributed by atoms with Gasteiger partial charge in [-0.15, -0.1) is 9.24 Å². The Morgan fingerprint density at radius 3 is 2.00 bits per heavy atom. The fourth-order valence-electron chi connectivity index (χ4n) is 1.08. The summed E-state index contributed by atoms with van der Waals surface area (Å²) >= 11 is 0. The van der Waals surface area contributed by atoms with E-state index < -0.39 is 0 Å². The Morgan fingerprint density at radius 1 is 1.23 bits per heavy atom. The van der Waals surface area contributed by atoms with Gasteiger partial charge in [-0.25, -0.2) is 0 Å². The minimum absolute atomic E-state index is 0.441. The maximum atomic E-state index is 10.7. The van der Waals surface area contributed by atoms with E-state index in [0.29, 0.717) is 17.1 Å². The van der Waals surface area contributed by atoms with Crippen molar-refractivity contribution in [3.8, 4) is 11.5 Å². The predicted octanol–water partition coefficient (Wildman–Crippen LogP) is 1.02. The Bertz CT molecular complexity index is 298. The van der Waals surface area contributed by atoms with Gasteiger partial charge in [-0.3, -0.25) is 4.79 Å². The van der Waals surface area contributed by atoms with Crippen molar-refractivity contribution >= 4 is 20.8 Å². The first-order chi connectivity index (χ1) is 6.22. The van der Waals surface area contributed by atoms with Crippen molar-refractivity contribution in [2.45, 2.75) is 0 Å². The lowest BCUT2D eigenvalue weighted by atomic mass is 10.2. The van der Waals surface area contributed by atoms with Crippen LogP contribution in [-0.2, 0) is 0 Å². The number of aldehydes is 1. The molecule has 0 saturated heterocycles. The molecule has 0 heterocycles. The van der Waals surface area contributed by atoms with Gasteiger partial charge >= 0.3 is 0 Å². The van der Waals surface area contributed by atoms with Crippen LogP contribution in [0.4, 0.5) is 0 Å². The number of hydrogen-bond acceptors (Lipinski definition) is 3. The molecule has 1 rings (SSSR count). The zero-order valence-corrected chi connectivity index (χ0v) is 8.69. The van der Waals surface area contributed by atoms with E-state index in [-0.39, 0.29) is 0 Å². The molecule has 0 amide bonds. The standard InChI is InChI=1S/C9H11O3P/c1-11-8-3-6(13)4-9(12-2)7(8)5-10/h3-5H,13H2,1-2H3. The van der Waals surface area contributed by atoms with Crippen molar-refractivity contribution in [2.24, 2.45) is 0 Å². The second-order valence-corrected chi connectivity index (χ2v) is 3.12. The van der Waals surface area contributed by atoms with Crippen LogP contribution in [0.5, 0.6) is 11.5 Å². The van der Waals surface area contributed by atoms with Gasteiger partial charge in [-0.2, -0.15) is 0 Å². The Labute approximate surface area is 79.2 Å². The van der Waals surface area contributed by atoms with E-state index in [2.05, 4.69) is 9.24 Å². The molecular weight excluding hydrogens is 187 g/mol. The summed E-state index contributed by atoms with van der Waals surface area (Å²) in [5.74, 6) is 1.05. The van der Waals surface area contributed by atoms with Gasteiger partial charge in [0.15, 0.2) is 6.29 Å². The quantitative estimate of drug-likeness (QED) is 0.537. The van der Waals surface area contributed by atoms with Crippen molar-refractivity contribution in [3.05, 3.63) is 17.7 Å². The van der Waals surface area contributed by atoms with E-state index in [1.165, 1.54) is 14.2 Å². The second-order valence-electron chi connectivity index (χ2n) is 2.46. The zero-order chi connectivity index (χ0) is 9.84. The summed E-state index contributed by atoms with van der Waals surface area (Å²) in [6.45, 7) is 0. The number of rotatable bonds is 3. The molecule has 0 bridgehead atoms. The topological polar surface area (TPSA) is 35.5 Å². The summed E-state index contributed by atoms with van der Waals surface area (Å²) < 4.78 is 10.1. The molecule has 1 atom stereocenters. The number of methoxy groups -OCH3 is 2. The molecule has 3 nitrogen and oxygen atoms in total. The predicted molar refractivity (Wildman–Crippen MR) is 54.3 cm³/mol. The number of ether oxygens (including phenoxy) is 2. The van der Waals surface area contributed by atoms with Crippen molar-refractivity contribution < 1.29 is 14.3 Å². The third kappa shape index (κ3) is 1.99. The second kappa shape index (κ2) is 4.24. The van der Waals surface area contributed by atoms with Crippen LogP contribution in [0, 0.1) is 0 Å². The summed E-state index contributed by atoms with van der Waals surface area (Å²) in [7, 11) is 5.56. The number of carbonyl (C=O) groups excluding carboxylic acids is 1. The Balaban J connectivity index is 3.33. The first-order valence-corrected chi connectivity index (χ1v) is 4.27. The summed E-state index contributed by atoms with van der Waals surface area (Å²) in [5, 5.41) is 0.916. The van der Waals surface area contributed by atoms with E-state index in [1.807, 2.05) is 0 Å². The molecule has 70 valence electrons. The minimum atomic E-state index is 0.441. The van der Waals surface area contributed by atoms with Gasteiger partial charge in [0.1, 0.15) is 11.5 Å². The highest BCUT2D eigenvalue weighted by Crippen LogP contribution is 2.25. The highest BCUT2D eigenvalue weighted by Gasteiger charge is 2.09. The Kier molecular flexibility index (Phi) is 3.26. The van der Waals surface area contributed by atoms with Gasteiger partial charge in [-0.05, 0) is 17.4 Å². The maximum absolute atomic E-state index is 10.7. The van der Waals surface area contributed by atoms with Crippen LogP contribution in [0.3, 0.4) is 0 Å². The average Bonchev–Trinajstić information content (AvgIpc) is 2.16. The molecule has 0 radical (unpaired) electrons. The lowest BCUT2D eigenvalue weighted by molar-refractivity contribution is 0.111. The summed E-state index contributed by atoms with van der Waals surface area (Å²) in [6, 6.07) is 3.52. The maximum Gasteiger partial charge on any atom is 0.157 e. The zero-order valence-electron chi connectivity index (χ0n) is 7.53. The van der Waals surface area contributed by atoms with Gasteiger partial charge in [0.2, 0.25) is 0 Å². The van der Waals surface area contributed by atoms with Crippen LogP contribution in [-0.4, -0.2) is 20.5 Å². The van der Waals surface area contributed by atoms with Crippen molar-refractivity contribution in [2.75, 3.05) is 14.2 Å². The van der Waals surface area contributed by atoms with Gasteiger partial charge in [0.05, 0.1) is 19.8 Å². The molecule has 0 spiro atoms. The Morgan fingerprint density at radius 2 is 1.69 bits per heavy atom. The van der Waals surface area contributed by atoms with Crippen molar-refractivity contribution in [1.29, 1.82) is 0 Å². The molecule has 0 aromatic heterocycles. The number of carbonyl (C=O) groups is 1. The van der Waals surface area contributed by atoms with Crippen LogP contribution in [0.15, 0.2) is 12.1 Å². The van der Waals surface area contributed by atoms with E-state index in [0.717, 1.165) is 11.6 Å². The smallest absolute Gasteiger partial charge is 0.157 e. The van der Waals surface area contributed by atoms with Crippen LogP contribution < -0.4 is 14.8 Å². The SMILES string of the molecule is COc1cc(P)cc(OC)c1C=O. The molecule has 0 aliphatic rings. The summed E-state index contributed by atoms with van der Waals surface area (Å²) in [6.07, 6.45) is 0.724. The van der Waals surface area contributed by atoms with Crippen LogP contribution >= 0.6 is 9.24 Å². The lowest BCUT2D eigenvalue weighted by Crippen LogP contribution is -2.01. The van der Waals surface area contributed by atoms with E-state index >= 15 is 0 Å². The molecule has 0 fully saturated rings. The largest absolute Gasteiger partial charge is 0.496 e. The van der Waals surface area contributed by atoms with E-state index in [1.54, 1.807) is 12.1 Å². The van der Waals surface area contributed by atoms with Crippen LogP contribution in [0.25, 0.3) is 0 Å². The summed E-state index contributed by atoms with van der Waals surface area (Å²) in [5.41, 5.74) is 0.441. The van der Waals surface area contributed by atoms with Gasteiger partial charge < -0.3 is 9.47 Å². The van der Waals surface area contributed by atoms with Crippen molar-refractivity contribution in [1.82, 2.24) is 0 Å². The van der Waals surface area contributed by atoms with Gasteiger partial charge in [0, 0.05) is 0 Å². The molecule has 0 saturated carbocycles. The molecule has 0 aliphatic carbocycles. The molecule has 0 N–H and O–H groups in total. The molecular formula is C9H11O3P. The average molecular weight is 198 g/mol. The Hall–Kier alpha value is -1.08. The van der Waals surface area contributed by atoms with Gasteiger partial charge in [-0.1, -0.05) is 0 Å². The molecule has 1 unspecified atom stereocenters. The molecule has 4 heteroatoms. The number of benzene rings is 1. The van der Waals surface area contributed by atoms with Crippen molar-refractivity contribution in [3.63, 3.8) is 0 Å². The third-order valence-electron chi connectivity index (χ3n) is 1.68. The monoisotopic (exact) mass is 198 g/mol. The fourth-order valence-corrected chi connectivity index (χ4v) is 1.38. The van der Waals surface area contributed by atoms with E-state index in [9.17, 15) is 4.79 Å². The third-order valence-corrected chi connectivity index (χ3v) is 2.02. The first-order valence-electron chi connectivity index (χ1n) is 3.69. The van der Waals surface area contributed by atoms with Crippen LogP contribution in [0.1, 0.15) is 10.4 Å².